The fourth-order valence-electron chi connectivity index (χ4n) is 1.41. The summed E-state index contributed by atoms with van der Waals surface area (Å²) in [5.74, 6) is 0.473. The molecule has 0 spiro atoms. The summed E-state index contributed by atoms with van der Waals surface area (Å²) in [6, 6.07) is 3.56. The van der Waals surface area contributed by atoms with Gasteiger partial charge in [-0.1, -0.05) is 6.07 Å². The Balaban J connectivity index is 2.91. The average Bonchev–Trinajstić information content (AvgIpc) is 2.31. The van der Waals surface area contributed by atoms with Crippen molar-refractivity contribution in [3.05, 3.63) is 23.9 Å². The predicted molar refractivity (Wildman–Crippen MR) is 69.5 cm³/mol. The molecule has 0 fully saturated rings. The van der Waals surface area contributed by atoms with E-state index in [9.17, 15) is 8.42 Å². The number of aromatic nitrogens is 1. The van der Waals surface area contributed by atoms with Gasteiger partial charge in [-0.25, -0.2) is 4.98 Å². The summed E-state index contributed by atoms with van der Waals surface area (Å²) < 4.78 is 31.6. The Bertz CT molecular complexity index is 488. The van der Waals surface area contributed by atoms with E-state index in [2.05, 4.69) is 4.98 Å². The second-order valence-corrected chi connectivity index (χ2v) is 6.20. The second kappa shape index (κ2) is 6.12. The van der Waals surface area contributed by atoms with Crippen LogP contribution in [-0.2, 0) is 16.8 Å². The largest absolute Gasteiger partial charge is 0.478 e. The monoisotopic (exact) mass is 273 g/mol. The molecule has 0 aliphatic heterocycles. The molecule has 0 saturated heterocycles. The number of hydrogen-bond acceptors (Lipinski definition) is 4. The minimum absolute atomic E-state index is 0.226. The Morgan fingerprint density at radius 3 is 2.56 bits per heavy atom. The van der Waals surface area contributed by atoms with E-state index in [1.807, 2.05) is 6.92 Å². The fourth-order valence-corrected chi connectivity index (χ4v) is 2.27. The van der Waals surface area contributed by atoms with Crippen LogP contribution in [0.25, 0.3) is 0 Å². The maximum absolute atomic E-state index is 11.9. The third-order valence-corrected chi connectivity index (χ3v) is 4.22. The molecule has 0 saturated carbocycles. The van der Waals surface area contributed by atoms with Gasteiger partial charge >= 0.3 is 0 Å². The van der Waals surface area contributed by atoms with Gasteiger partial charge in [0, 0.05) is 39.4 Å². The first-order valence-corrected chi connectivity index (χ1v) is 6.99. The minimum Gasteiger partial charge on any atom is -0.478 e. The van der Waals surface area contributed by atoms with Crippen LogP contribution in [0.2, 0.25) is 0 Å². The molecule has 0 aliphatic rings. The zero-order valence-corrected chi connectivity index (χ0v) is 11.9. The molecule has 0 aromatic carbocycles. The Labute approximate surface area is 108 Å². The molecule has 1 rings (SSSR count). The summed E-state index contributed by atoms with van der Waals surface area (Å²) in [6.07, 6.45) is 1.62. The summed E-state index contributed by atoms with van der Waals surface area (Å²) >= 11 is 0. The highest BCUT2D eigenvalue weighted by atomic mass is 32.2. The summed E-state index contributed by atoms with van der Waals surface area (Å²) in [5.41, 5.74) is 0.743. The third-order valence-electron chi connectivity index (χ3n) is 2.38. The van der Waals surface area contributed by atoms with Crippen molar-refractivity contribution in [1.29, 1.82) is 0 Å². The van der Waals surface area contributed by atoms with Gasteiger partial charge in [-0.15, -0.1) is 0 Å². The molecule has 6 nitrogen and oxygen atoms in total. The van der Waals surface area contributed by atoms with E-state index in [4.69, 9.17) is 4.74 Å². The molecule has 1 heterocycles. The zero-order chi connectivity index (χ0) is 13.8. The van der Waals surface area contributed by atoms with Crippen LogP contribution in [0, 0.1) is 0 Å². The lowest BCUT2D eigenvalue weighted by molar-refractivity contribution is 0.317. The number of ether oxygens (including phenoxy) is 1. The summed E-state index contributed by atoms with van der Waals surface area (Å²) in [7, 11) is 1.10. The number of hydrogen-bond donors (Lipinski definition) is 0. The molecular weight excluding hydrogens is 254 g/mol. The Hall–Kier alpha value is -1.18. The first kappa shape index (κ1) is 14.9. The van der Waals surface area contributed by atoms with Gasteiger partial charge in [0.15, 0.2) is 0 Å². The van der Waals surface area contributed by atoms with E-state index < -0.39 is 10.2 Å². The molecule has 0 N–H and O–H groups in total. The normalized spacial score (nSPS) is 12.1. The summed E-state index contributed by atoms with van der Waals surface area (Å²) in [4.78, 5) is 4.09. The molecule has 0 amide bonds. The molecule has 0 aliphatic carbocycles. The van der Waals surface area contributed by atoms with E-state index in [1.165, 1.54) is 29.8 Å². The topological polar surface area (TPSA) is 62.7 Å². The van der Waals surface area contributed by atoms with Crippen molar-refractivity contribution in [1.82, 2.24) is 13.6 Å². The maximum atomic E-state index is 11.9. The van der Waals surface area contributed by atoms with E-state index in [1.54, 1.807) is 18.3 Å². The first-order valence-electron chi connectivity index (χ1n) is 5.60. The predicted octanol–water partition coefficient (Wildman–Crippen LogP) is 0.718. The van der Waals surface area contributed by atoms with Gasteiger partial charge in [0.1, 0.15) is 0 Å². The highest BCUT2D eigenvalue weighted by Gasteiger charge is 2.21. The van der Waals surface area contributed by atoms with Gasteiger partial charge in [0.25, 0.3) is 10.2 Å². The van der Waals surface area contributed by atoms with E-state index in [0.717, 1.165) is 5.56 Å². The van der Waals surface area contributed by atoms with Gasteiger partial charge in [-0.2, -0.15) is 17.0 Å². The molecule has 18 heavy (non-hydrogen) atoms. The summed E-state index contributed by atoms with van der Waals surface area (Å²) in [6.45, 7) is 2.58. The highest BCUT2D eigenvalue weighted by Crippen LogP contribution is 2.17. The van der Waals surface area contributed by atoms with E-state index >= 15 is 0 Å². The lowest BCUT2D eigenvalue weighted by Gasteiger charge is -2.21. The maximum Gasteiger partial charge on any atom is 0.281 e. The van der Waals surface area contributed by atoms with E-state index in [-0.39, 0.29) is 6.54 Å². The Morgan fingerprint density at radius 2 is 2.00 bits per heavy atom. The quantitative estimate of drug-likeness (QED) is 0.766. The third kappa shape index (κ3) is 3.41. The lowest BCUT2D eigenvalue weighted by Crippen LogP contribution is -2.37. The van der Waals surface area contributed by atoms with Crippen LogP contribution in [0.5, 0.6) is 5.88 Å². The van der Waals surface area contributed by atoms with Crippen molar-refractivity contribution in [2.24, 2.45) is 0 Å². The fraction of sp³-hybridized carbons (Fsp3) is 0.545. The van der Waals surface area contributed by atoms with Gasteiger partial charge in [0.05, 0.1) is 6.61 Å². The molecular formula is C11H19N3O3S. The molecule has 1 aromatic rings. The van der Waals surface area contributed by atoms with Crippen LogP contribution < -0.4 is 4.74 Å². The number of rotatable bonds is 6. The average molecular weight is 273 g/mol. The van der Waals surface area contributed by atoms with Crippen molar-refractivity contribution < 1.29 is 13.2 Å². The first-order chi connectivity index (χ1) is 8.39. The highest BCUT2D eigenvalue weighted by molar-refractivity contribution is 7.86. The van der Waals surface area contributed by atoms with Crippen LogP contribution in [0.4, 0.5) is 0 Å². The zero-order valence-electron chi connectivity index (χ0n) is 11.1. The van der Waals surface area contributed by atoms with Gasteiger partial charge < -0.3 is 4.74 Å². The van der Waals surface area contributed by atoms with Crippen molar-refractivity contribution >= 4 is 10.2 Å². The molecule has 0 radical (unpaired) electrons. The molecule has 0 bridgehead atoms. The smallest absolute Gasteiger partial charge is 0.281 e. The molecule has 0 unspecified atom stereocenters. The lowest BCUT2D eigenvalue weighted by atomic mass is 10.3. The van der Waals surface area contributed by atoms with Crippen LogP contribution in [0.1, 0.15) is 12.5 Å². The van der Waals surface area contributed by atoms with Crippen molar-refractivity contribution in [2.45, 2.75) is 13.5 Å². The summed E-state index contributed by atoms with van der Waals surface area (Å²) in [5, 5.41) is 0. The number of nitrogens with zero attached hydrogens (tertiary/aromatic N) is 3. The molecule has 7 heteroatoms. The van der Waals surface area contributed by atoms with Crippen molar-refractivity contribution in [3.8, 4) is 5.88 Å². The van der Waals surface area contributed by atoms with Crippen molar-refractivity contribution in [2.75, 3.05) is 27.7 Å². The number of pyridine rings is 1. The van der Waals surface area contributed by atoms with Crippen LogP contribution in [-0.4, -0.2) is 49.8 Å². The van der Waals surface area contributed by atoms with Crippen LogP contribution in [0.15, 0.2) is 18.3 Å². The van der Waals surface area contributed by atoms with Crippen LogP contribution >= 0.6 is 0 Å². The minimum atomic E-state index is -3.42. The van der Waals surface area contributed by atoms with Gasteiger partial charge in [-0.05, 0) is 13.0 Å². The van der Waals surface area contributed by atoms with Crippen molar-refractivity contribution in [3.63, 3.8) is 0 Å². The standard InChI is InChI=1S/C11H19N3O3S/c1-5-17-11-10(7-6-8-12-11)9-14(4)18(15,16)13(2)3/h6-8H,5,9H2,1-4H3. The SMILES string of the molecule is CCOc1ncccc1CN(C)S(=O)(=O)N(C)C. The second-order valence-electron chi connectivity index (χ2n) is 3.95. The Morgan fingerprint density at radius 1 is 1.33 bits per heavy atom. The van der Waals surface area contributed by atoms with Crippen LogP contribution in [0.3, 0.4) is 0 Å². The Kier molecular flexibility index (Phi) is 5.06. The van der Waals surface area contributed by atoms with E-state index in [0.29, 0.717) is 12.5 Å². The molecule has 0 atom stereocenters. The molecule has 1 aromatic heterocycles. The van der Waals surface area contributed by atoms with Gasteiger partial charge in [0.2, 0.25) is 5.88 Å². The van der Waals surface area contributed by atoms with Gasteiger partial charge in [-0.3, -0.25) is 0 Å². The molecule has 102 valence electrons.